The topological polar surface area (TPSA) is 17.1 Å². The van der Waals surface area contributed by atoms with E-state index in [0.29, 0.717) is 0 Å². The van der Waals surface area contributed by atoms with Gasteiger partial charge in [-0.15, -0.1) is 0 Å². The highest BCUT2D eigenvalue weighted by molar-refractivity contribution is 6.09. The molecule has 0 amide bonds. The minimum absolute atomic E-state index is 0.257. The van der Waals surface area contributed by atoms with Crippen molar-refractivity contribution >= 4 is 5.78 Å². The molecule has 3 rings (SSSR count). The van der Waals surface area contributed by atoms with Crippen molar-refractivity contribution in [3.63, 3.8) is 0 Å². The molecule has 1 aromatic carbocycles. The van der Waals surface area contributed by atoms with E-state index in [4.69, 9.17) is 0 Å². The zero-order valence-corrected chi connectivity index (χ0v) is 9.46. The van der Waals surface area contributed by atoms with Crippen molar-refractivity contribution in [2.45, 2.75) is 38.5 Å². The van der Waals surface area contributed by atoms with Crippen LogP contribution in [-0.4, -0.2) is 5.78 Å². The Morgan fingerprint density at radius 1 is 1.00 bits per heavy atom. The molecule has 16 heavy (non-hydrogen) atoms. The molecular formula is C15H16O. The molecule has 1 heteroatoms. The Balaban J connectivity index is 1.92. The van der Waals surface area contributed by atoms with Gasteiger partial charge in [-0.3, -0.25) is 4.79 Å². The summed E-state index contributed by atoms with van der Waals surface area (Å²) < 4.78 is 0. The Labute approximate surface area is 96.2 Å². The molecule has 0 atom stereocenters. The van der Waals surface area contributed by atoms with Crippen molar-refractivity contribution < 1.29 is 4.79 Å². The second kappa shape index (κ2) is 3.89. The molecule has 0 fully saturated rings. The van der Waals surface area contributed by atoms with Crippen LogP contribution in [0, 0.1) is 0 Å². The quantitative estimate of drug-likeness (QED) is 0.686. The van der Waals surface area contributed by atoms with Crippen LogP contribution in [0.25, 0.3) is 0 Å². The third-order valence-electron chi connectivity index (χ3n) is 3.69. The number of fused-ring (bicyclic) bond motifs is 1. The van der Waals surface area contributed by atoms with E-state index in [2.05, 4.69) is 18.2 Å². The first-order chi connectivity index (χ1) is 7.84. The number of aryl methyl sites for hydroxylation is 2. The Morgan fingerprint density at radius 2 is 1.88 bits per heavy atom. The third-order valence-corrected chi connectivity index (χ3v) is 3.69. The largest absolute Gasteiger partial charge is 0.289 e. The van der Waals surface area contributed by atoms with Crippen LogP contribution >= 0.6 is 0 Å². The van der Waals surface area contributed by atoms with Gasteiger partial charge in [-0.25, -0.2) is 0 Å². The van der Waals surface area contributed by atoms with Crippen molar-refractivity contribution in [3.8, 4) is 0 Å². The number of hydrogen-bond donors (Lipinski definition) is 0. The monoisotopic (exact) mass is 212 g/mol. The first kappa shape index (κ1) is 9.83. The maximum absolute atomic E-state index is 12.2. The molecule has 1 aromatic rings. The summed E-state index contributed by atoms with van der Waals surface area (Å²) >= 11 is 0. The van der Waals surface area contributed by atoms with Crippen molar-refractivity contribution in [1.29, 1.82) is 0 Å². The maximum Gasteiger partial charge on any atom is 0.188 e. The second-order valence-corrected chi connectivity index (χ2v) is 4.79. The van der Waals surface area contributed by atoms with Crippen LogP contribution in [0.15, 0.2) is 29.8 Å². The molecule has 2 aliphatic rings. The van der Waals surface area contributed by atoms with Crippen molar-refractivity contribution in [1.82, 2.24) is 0 Å². The van der Waals surface area contributed by atoms with Crippen LogP contribution in [-0.2, 0) is 12.8 Å². The first-order valence-electron chi connectivity index (χ1n) is 6.20. The summed E-state index contributed by atoms with van der Waals surface area (Å²) in [6.45, 7) is 0. The highest BCUT2D eigenvalue weighted by Gasteiger charge is 2.18. The van der Waals surface area contributed by atoms with E-state index in [1.165, 1.54) is 24.0 Å². The van der Waals surface area contributed by atoms with Gasteiger partial charge in [-0.05, 0) is 61.3 Å². The molecule has 0 aromatic heterocycles. The molecule has 0 spiro atoms. The molecular weight excluding hydrogens is 196 g/mol. The fourth-order valence-corrected chi connectivity index (χ4v) is 2.78. The molecule has 0 N–H and O–H groups in total. The molecule has 1 nitrogen and oxygen atoms in total. The zero-order chi connectivity index (χ0) is 11.0. The standard InChI is InChI=1S/C15H16O/c16-15(12-4-1-2-5-12)14-9-8-11-6-3-7-13(11)10-14/h4,8-10H,1-3,5-7H2. The molecule has 0 heterocycles. The number of rotatable bonds is 2. The van der Waals surface area contributed by atoms with E-state index in [1.54, 1.807) is 0 Å². The molecule has 0 unspecified atom stereocenters. The summed E-state index contributed by atoms with van der Waals surface area (Å²) in [6.07, 6.45) is 8.88. The maximum atomic E-state index is 12.2. The second-order valence-electron chi connectivity index (χ2n) is 4.79. The highest BCUT2D eigenvalue weighted by atomic mass is 16.1. The lowest BCUT2D eigenvalue weighted by Gasteiger charge is -2.04. The van der Waals surface area contributed by atoms with Gasteiger partial charge < -0.3 is 0 Å². The van der Waals surface area contributed by atoms with Crippen molar-refractivity contribution in [2.75, 3.05) is 0 Å². The SMILES string of the molecule is O=C(C1=CCCC1)c1ccc2c(c1)CCC2. The minimum atomic E-state index is 0.257. The smallest absolute Gasteiger partial charge is 0.188 e. The van der Waals surface area contributed by atoms with Gasteiger partial charge in [0.05, 0.1) is 0 Å². The Kier molecular flexibility index (Phi) is 2.39. The number of carbonyl (C=O) groups excluding carboxylic acids is 1. The van der Waals surface area contributed by atoms with Crippen LogP contribution in [0.5, 0.6) is 0 Å². The van der Waals surface area contributed by atoms with E-state index < -0.39 is 0 Å². The van der Waals surface area contributed by atoms with Gasteiger partial charge in [-0.2, -0.15) is 0 Å². The number of Topliss-reactive ketones (excluding diaryl/α,β-unsaturated/α-hetero) is 1. The van der Waals surface area contributed by atoms with Crippen LogP contribution in [0.3, 0.4) is 0 Å². The predicted octanol–water partition coefficient (Wildman–Crippen LogP) is 3.47. The van der Waals surface area contributed by atoms with Gasteiger partial charge >= 0.3 is 0 Å². The highest BCUT2D eigenvalue weighted by Crippen LogP contribution is 2.26. The molecule has 0 aliphatic heterocycles. The van der Waals surface area contributed by atoms with Gasteiger partial charge in [0.2, 0.25) is 0 Å². The lowest BCUT2D eigenvalue weighted by atomic mass is 9.99. The molecule has 0 radical (unpaired) electrons. The number of carbonyl (C=O) groups is 1. The number of ketones is 1. The van der Waals surface area contributed by atoms with Crippen LogP contribution < -0.4 is 0 Å². The summed E-state index contributed by atoms with van der Waals surface area (Å²) in [4.78, 5) is 12.2. The van der Waals surface area contributed by atoms with Gasteiger partial charge in [0, 0.05) is 5.56 Å². The van der Waals surface area contributed by atoms with E-state index >= 15 is 0 Å². The van der Waals surface area contributed by atoms with Crippen LogP contribution in [0.4, 0.5) is 0 Å². The van der Waals surface area contributed by atoms with Gasteiger partial charge in [0.1, 0.15) is 0 Å². The Morgan fingerprint density at radius 3 is 2.69 bits per heavy atom. The van der Waals surface area contributed by atoms with E-state index in [9.17, 15) is 4.79 Å². The zero-order valence-electron chi connectivity index (χ0n) is 9.46. The summed E-state index contributed by atoms with van der Waals surface area (Å²) in [5, 5.41) is 0. The van der Waals surface area contributed by atoms with Crippen molar-refractivity contribution in [2.24, 2.45) is 0 Å². The molecule has 0 bridgehead atoms. The van der Waals surface area contributed by atoms with Crippen LogP contribution in [0.2, 0.25) is 0 Å². The number of hydrogen-bond acceptors (Lipinski definition) is 1. The average molecular weight is 212 g/mol. The molecule has 2 aliphatic carbocycles. The van der Waals surface area contributed by atoms with Gasteiger partial charge in [-0.1, -0.05) is 18.2 Å². The van der Waals surface area contributed by atoms with Crippen LogP contribution in [0.1, 0.15) is 47.2 Å². The normalized spacial score (nSPS) is 18.4. The fraction of sp³-hybridized carbons (Fsp3) is 0.400. The lowest BCUT2D eigenvalue weighted by molar-refractivity contribution is 0.103. The minimum Gasteiger partial charge on any atom is -0.289 e. The van der Waals surface area contributed by atoms with Crippen molar-refractivity contribution in [3.05, 3.63) is 46.5 Å². The lowest BCUT2D eigenvalue weighted by Crippen LogP contribution is -2.02. The Bertz CT molecular complexity index is 468. The molecule has 82 valence electrons. The average Bonchev–Trinajstić information content (AvgIpc) is 2.98. The summed E-state index contributed by atoms with van der Waals surface area (Å²) in [7, 11) is 0. The van der Waals surface area contributed by atoms with Gasteiger partial charge in [0.25, 0.3) is 0 Å². The van der Waals surface area contributed by atoms with E-state index in [-0.39, 0.29) is 5.78 Å². The Hall–Kier alpha value is -1.37. The summed E-state index contributed by atoms with van der Waals surface area (Å²) in [5.41, 5.74) is 4.76. The third kappa shape index (κ3) is 1.60. The molecule has 0 saturated carbocycles. The van der Waals surface area contributed by atoms with E-state index in [1.807, 2.05) is 6.07 Å². The predicted molar refractivity (Wildman–Crippen MR) is 64.7 cm³/mol. The number of allylic oxidation sites excluding steroid dienone is 2. The fourth-order valence-electron chi connectivity index (χ4n) is 2.78. The summed E-state index contributed by atoms with van der Waals surface area (Å²) in [5.74, 6) is 0.257. The molecule has 0 saturated heterocycles. The van der Waals surface area contributed by atoms with E-state index in [0.717, 1.165) is 36.8 Å². The van der Waals surface area contributed by atoms with Gasteiger partial charge in [0.15, 0.2) is 5.78 Å². The summed E-state index contributed by atoms with van der Waals surface area (Å²) in [6, 6.07) is 6.26. The first-order valence-corrected chi connectivity index (χ1v) is 6.20. The number of benzene rings is 1.